The maximum atomic E-state index is 10.9. The van der Waals surface area contributed by atoms with Crippen LogP contribution in [0.2, 0.25) is 0 Å². The van der Waals surface area contributed by atoms with Gasteiger partial charge in [0.1, 0.15) is 73.2 Å². The van der Waals surface area contributed by atoms with Gasteiger partial charge in [-0.25, -0.2) is 4.57 Å². The van der Waals surface area contributed by atoms with Crippen LogP contribution in [0.25, 0.3) is 0 Å². The number of phosphoric ester groups is 1. The minimum Gasteiger partial charge on any atom is -0.394 e. The first-order chi connectivity index (χ1) is 17.7. The lowest BCUT2D eigenvalue weighted by Gasteiger charge is -2.45. The molecule has 0 amide bonds. The smallest absolute Gasteiger partial charge is 0.394 e. The molecule has 19 nitrogen and oxygen atoms in total. The summed E-state index contributed by atoms with van der Waals surface area (Å²) >= 11 is 0. The standard InChI is InChI=1S/C18H33O19P/c19-1-4-7(20)12(25)15(16(28)34-4)37-18-14(27)11(24)8(21)5(36-18)2-32-17-13(26)10(23)9(22)6(35-17)3-33-38(29,30)31/h4-28H,1-3H2,(H2,29,30,31)/t4-,5-,6-,7-,8+,9-,10+,11+,12+,13-,14-,15-,16+,17-,18-/m1/s1. The summed E-state index contributed by atoms with van der Waals surface area (Å²) in [6, 6.07) is 0. The number of ether oxygens (including phenoxy) is 5. The van der Waals surface area contributed by atoms with Gasteiger partial charge in [0, 0.05) is 0 Å². The van der Waals surface area contributed by atoms with Crippen LogP contribution in [-0.2, 0) is 32.8 Å². The molecule has 0 bridgehead atoms. The average Bonchev–Trinajstić information content (AvgIpc) is 2.86. The molecule has 224 valence electrons. The minimum atomic E-state index is -4.98. The predicted octanol–water partition coefficient (Wildman–Crippen LogP) is -7.46. The fraction of sp³-hybridized carbons (Fsp3) is 1.00. The second-order valence-corrected chi connectivity index (χ2v) is 10.2. The second-order valence-electron chi connectivity index (χ2n) is 8.98. The highest BCUT2D eigenvalue weighted by molar-refractivity contribution is 7.46. The van der Waals surface area contributed by atoms with E-state index in [0.717, 1.165) is 0 Å². The summed E-state index contributed by atoms with van der Waals surface area (Å²) in [5, 5.41) is 100. The van der Waals surface area contributed by atoms with Gasteiger partial charge >= 0.3 is 7.82 Å². The Balaban J connectivity index is 1.64. The van der Waals surface area contributed by atoms with Crippen LogP contribution in [0.5, 0.6) is 0 Å². The quantitative estimate of drug-likeness (QED) is 0.112. The zero-order valence-electron chi connectivity index (χ0n) is 19.5. The van der Waals surface area contributed by atoms with E-state index in [4.69, 9.17) is 38.6 Å². The summed E-state index contributed by atoms with van der Waals surface area (Å²) in [5.74, 6) is 0. The molecule has 0 aliphatic carbocycles. The largest absolute Gasteiger partial charge is 0.469 e. The second kappa shape index (κ2) is 13.0. The molecule has 0 spiro atoms. The molecule has 20 heteroatoms. The predicted molar refractivity (Wildman–Crippen MR) is 112 cm³/mol. The molecule has 15 atom stereocenters. The van der Waals surface area contributed by atoms with E-state index in [2.05, 4.69) is 4.52 Å². The molecule has 0 saturated carbocycles. The summed E-state index contributed by atoms with van der Waals surface area (Å²) in [6.07, 6.45) is -26.7. The normalized spacial score (nSPS) is 48.7. The van der Waals surface area contributed by atoms with Crippen LogP contribution < -0.4 is 0 Å². The molecular weight excluding hydrogens is 551 g/mol. The fourth-order valence-electron chi connectivity index (χ4n) is 4.09. The van der Waals surface area contributed by atoms with Crippen LogP contribution in [0, 0.1) is 0 Å². The summed E-state index contributed by atoms with van der Waals surface area (Å²) in [5.41, 5.74) is 0. The van der Waals surface area contributed by atoms with Gasteiger partial charge in [-0.05, 0) is 0 Å². The first kappa shape index (κ1) is 32.0. The third-order valence-corrected chi connectivity index (χ3v) is 6.79. The van der Waals surface area contributed by atoms with Crippen LogP contribution in [0.1, 0.15) is 0 Å². The number of hydrogen-bond donors (Lipinski definition) is 12. The molecule has 3 fully saturated rings. The Morgan fingerprint density at radius 3 is 1.66 bits per heavy atom. The molecule has 12 N–H and O–H groups in total. The van der Waals surface area contributed by atoms with Gasteiger partial charge in [0.25, 0.3) is 0 Å². The van der Waals surface area contributed by atoms with Crippen LogP contribution >= 0.6 is 7.82 Å². The highest BCUT2D eigenvalue weighted by Crippen LogP contribution is 2.37. The molecule has 0 radical (unpaired) electrons. The van der Waals surface area contributed by atoms with Gasteiger partial charge < -0.3 is 84.5 Å². The van der Waals surface area contributed by atoms with Crippen molar-refractivity contribution in [2.45, 2.75) is 92.1 Å². The van der Waals surface area contributed by atoms with E-state index in [1.54, 1.807) is 0 Å². The topological polar surface area (TPSA) is 315 Å². The van der Waals surface area contributed by atoms with Crippen molar-refractivity contribution >= 4 is 7.82 Å². The summed E-state index contributed by atoms with van der Waals surface area (Å²) < 4.78 is 41.2. The molecule has 3 rings (SSSR count). The van der Waals surface area contributed by atoms with E-state index in [0.29, 0.717) is 0 Å². The van der Waals surface area contributed by atoms with Crippen molar-refractivity contribution in [2.75, 3.05) is 19.8 Å². The van der Waals surface area contributed by atoms with Crippen molar-refractivity contribution in [2.24, 2.45) is 0 Å². The Hall–Kier alpha value is -0.490. The van der Waals surface area contributed by atoms with Crippen molar-refractivity contribution in [3.05, 3.63) is 0 Å². The van der Waals surface area contributed by atoms with E-state index in [9.17, 15) is 50.5 Å². The minimum absolute atomic E-state index is 0.733. The lowest BCUT2D eigenvalue weighted by Crippen LogP contribution is -2.64. The molecular formula is C18H33O19P. The molecule has 0 unspecified atom stereocenters. The highest BCUT2D eigenvalue weighted by atomic mass is 31.2. The third-order valence-electron chi connectivity index (χ3n) is 6.30. The Kier molecular flexibility index (Phi) is 11.0. The van der Waals surface area contributed by atoms with Crippen molar-refractivity contribution < 1.29 is 93.6 Å². The maximum Gasteiger partial charge on any atom is 0.469 e. The monoisotopic (exact) mass is 584 g/mol. The Labute approximate surface area is 214 Å². The van der Waals surface area contributed by atoms with Gasteiger partial charge in [-0.15, -0.1) is 0 Å². The zero-order chi connectivity index (χ0) is 28.5. The average molecular weight is 584 g/mol. The Morgan fingerprint density at radius 2 is 1.11 bits per heavy atom. The van der Waals surface area contributed by atoms with E-state index in [1.165, 1.54) is 0 Å². The first-order valence-electron chi connectivity index (χ1n) is 11.3. The van der Waals surface area contributed by atoms with Crippen LogP contribution in [0.15, 0.2) is 0 Å². The van der Waals surface area contributed by atoms with E-state index >= 15 is 0 Å². The van der Waals surface area contributed by atoms with Crippen molar-refractivity contribution in [3.63, 3.8) is 0 Å². The van der Waals surface area contributed by atoms with Crippen LogP contribution in [0.4, 0.5) is 0 Å². The van der Waals surface area contributed by atoms with E-state index in [1.807, 2.05) is 0 Å². The maximum absolute atomic E-state index is 10.9. The van der Waals surface area contributed by atoms with Gasteiger partial charge in [0.05, 0.1) is 19.8 Å². The van der Waals surface area contributed by atoms with Gasteiger partial charge in [-0.1, -0.05) is 0 Å². The van der Waals surface area contributed by atoms with Crippen molar-refractivity contribution in [3.8, 4) is 0 Å². The molecule has 3 aliphatic rings. The van der Waals surface area contributed by atoms with E-state index in [-0.39, 0.29) is 0 Å². The Bertz CT molecular complexity index is 800. The van der Waals surface area contributed by atoms with Crippen molar-refractivity contribution in [1.82, 2.24) is 0 Å². The molecule has 0 aromatic heterocycles. The summed E-state index contributed by atoms with van der Waals surface area (Å²) in [6.45, 7) is -2.39. The molecule has 0 aromatic rings. The lowest BCUT2D eigenvalue weighted by molar-refractivity contribution is -0.367. The van der Waals surface area contributed by atoms with Gasteiger partial charge in [-0.3, -0.25) is 4.52 Å². The third kappa shape index (κ3) is 7.22. The molecule has 3 saturated heterocycles. The van der Waals surface area contributed by atoms with Crippen molar-refractivity contribution in [1.29, 1.82) is 0 Å². The highest BCUT2D eigenvalue weighted by Gasteiger charge is 2.51. The summed E-state index contributed by atoms with van der Waals surface area (Å²) in [7, 11) is -4.98. The van der Waals surface area contributed by atoms with Crippen LogP contribution in [-0.4, -0.2) is 173 Å². The molecule has 0 aromatic carbocycles. The number of hydrogen-bond acceptors (Lipinski definition) is 17. The van der Waals surface area contributed by atoms with E-state index < -0.39 is 120 Å². The first-order valence-corrected chi connectivity index (χ1v) is 12.9. The molecule has 3 heterocycles. The number of phosphoric acid groups is 1. The number of aliphatic hydroxyl groups excluding tert-OH is 10. The van der Waals surface area contributed by atoms with Gasteiger partial charge in [0.15, 0.2) is 18.9 Å². The SMILES string of the molecule is O=P(O)(O)OC[C@H]1O[C@@H](OC[C@H]2O[C@H](O[C@@H]3[C@@H](O)[C@H](O)[C@@H](CO)O[C@@H]3O)[C@H](O)[C@@H](O)[C@H]2O)[C@H](O)[C@@H](O)[C@@H]1O. The zero-order valence-corrected chi connectivity index (χ0v) is 20.3. The summed E-state index contributed by atoms with van der Waals surface area (Å²) in [4.78, 5) is 17.7. The number of rotatable bonds is 9. The van der Waals surface area contributed by atoms with Crippen LogP contribution in [0.3, 0.4) is 0 Å². The lowest BCUT2D eigenvalue weighted by atomic mass is 9.97. The van der Waals surface area contributed by atoms with Gasteiger partial charge in [-0.2, -0.15) is 0 Å². The number of aliphatic hydroxyl groups is 10. The van der Waals surface area contributed by atoms with Gasteiger partial charge in [0.2, 0.25) is 0 Å². The Morgan fingerprint density at radius 1 is 0.605 bits per heavy atom. The molecule has 3 aliphatic heterocycles. The molecule has 38 heavy (non-hydrogen) atoms. The fourth-order valence-corrected chi connectivity index (χ4v) is 4.43.